The minimum atomic E-state index is -5.85. The van der Waals surface area contributed by atoms with Crippen molar-refractivity contribution < 1.29 is 35.3 Å². The smallest absolute Gasteiger partial charge is 0.449 e. The van der Waals surface area contributed by atoms with Gasteiger partial charge in [0.1, 0.15) is 0 Å². The summed E-state index contributed by atoms with van der Waals surface area (Å²) < 4.78 is 68.9. The van der Waals surface area contributed by atoms with Crippen molar-refractivity contribution in [2.45, 2.75) is 31.5 Å². The van der Waals surface area contributed by atoms with E-state index in [1.54, 1.807) is 0 Å². The summed E-state index contributed by atoms with van der Waals surface area (Å²) in [5.74, 6) is 0. The molecule has 1 amide bonds. The first kappa shape index (κ1) is 17.5. The van der Waals surface area contributed by atoms with Gasteiger partial charge in [-0.3, -0.25) is 4.98 Å². The number of aryl methyl sites for hydroxylation is 1. The highest BCUT2D eigenvalue weighted by molar-refractivity contribution is 7.87. The number of pyridine rings is 1. The number of anilines is 1. The van der Waals surface area contributed by atoms with Gasteiger partial charge in [-0.1, -0.05) is 0 Å². The van der Waals surface area contributed by atoms with Gasteiger partial charge in [0.15, 0.2) is 6.23 Å². The van der Waals surface area contributed by atoms with Crippen molar-refractivity contribution in [3.8, 4) is 0 Å². The van der Waals surface area contributed by atoms with Crippen molar-refractivity contribution in [1.82, 2.24) is 4.98 Å². The van der Waals surface area contributed by atoms with Crippen molar-refractivity contribution in [3.05, 3.63) is 24.0 Å². The van der Waals surface area contributed by atoms with Gasteiger partial charge < -0.3 is 4.74 Å². The van der Waals surface area contributed by atoms with Crippen LogP contribution in [0.15, 0.2) is 18.3 Å². The lowest BCUT2D eigenvalue weighted by molar-refractivity contribution is -0.0577. The Bertz CT molecular complexity index is 692. The number of rotatable bonds is 3. The number of carbonyl (C=O) groups excluding carboxylic acids is 1. The molecule has 1 aromatic rings. The quantitative estimate of drug-likeness (QED) is 0.611. The highest BCUT2D eigenvalue weighted by atomic mass is 32.2. The van der Waals surface area contributed by atoms with Gasteiger partial charge in [-0.2, -0.15) is 21.6 Å². The van der Waals surface area contributed by atoms with Crippen molar-refractivity contribution in [2.24, 2.45) is 0 Å². The van der Waals surface area contributed by atoms with Crippen LogP contribution in [0.2, 0.25) is 0 Å². The van der Waals surface area contributed by atoms with Crippen molar-refractivity contribution in [1.29, 1.82) is 0 Å². The summed E-state index contributed by atoms with van der Waals surface area (Å²) in [6.45, 7) is 1.47. The van der Waals surface area contributed by atoms with Gasteiger partial charge >= 0.3 is 21.7 Å². The fourth-order valence-corrected chi connectivity index (χ4v) is 2.67. The molecule has 0 saturated heterocycles. The standard InChI is InChI=1S/C12H13F3N2O5S/c1-2-21-11(18)17-9-4-3-7-16-8(9)5-6-10(17)22-23(19,20)12(13,14)15/h3-4,7,10H,2,5-6H2,1H3. The van der Waals surface area contributed by atoms with Gasteiger partial charge in [-0.05, 0) is 31.9 Å². The molecule has 0 saturated carbocycles. The van der Waals surface area contributed by atoms with Gasteiger partial charge in [-0.15, -0.1) is 0 Å². The van der Waals surface area contributed by atoms with Crippen LogP contribution in [-0.2, 0) is 25.5 Å². The molecule has 0 spiro atoms. The highest BCUT2D eigenvalue weighted by Gasteiger charge is 2.50. The third-order valence-corrected chi connectivity index (χ3v) is 4.07. The average molecular weight is 354 g/mol. The number of carbonyl (C=O) groups is 1. The third kappa shape index (κ3) is 3.55. The predicted molar refractivity (Wildman–Crippen MR) is 71.9 cm³/mol. The summed E-state index contributed by atoms with van der Waals surface area (Å²) >= 11 is 0. The number of aromatic nitrogens is 1. The number of nitrogens with zero attached hydrogens (tertiary/aromatic N) is 2. The Morgan fingerprint density at radius 2 is 2.17 bits per heavy atom. The maximum absolute atomic E-state index is 12.5. The molecular weight excluding hydrogens is 341 g/mol. The van der Waals surface area contributed by atoms with Crippen LogP contribution >= 0.6 is 0 Å². The normalized spacial score (nSPS) is 18.4. The monoisotopic (exact) mass is 354 g/mol. The lowest BCUT2D eigenvalue weighted by Crippen LogP contribution is -2.48. The maximum atomic E-state index is 12.5. The Balaban J connectivity index is 2.38. The zero-order valence-corrected chi connectivity index (χ0v) is 12.7. The number of amides is 1. The maximum Gasteiger partial charge on any atom is 0.523 e. The minimum Gasteiger partial charge on any atom is -0.449 e. The SMILES string of the molecule is CCOC(=O)N1c2cccnc2CCC1OS(=O)(=O)C(F)(F)F. The molecule has 1 atom stereocenters. The molecule has 0 aliphatic carbocycles. The van der Waals surface area contributed by atoms with Crippen LogP contribution in [0.25, 0.3) is 0 Å². The fourth-order valence-electron chi connectivity index (χ4n) is 2.09. The van der Waals surface area contributed by atoms with Crippen LogP contribution in [0.5, 0.6) is 0 Å². The number of hydrogen-bond acceptors (Lipinski definition) is 6. The van der Waals surface area contributed by atoms with E-state index >= 15 is 0 Å². The third-order valence-electron chi connectivity index (χ3n) is 3.03. The van der Waals surface area contributed by atoms with Gasteiger partial charge in [-0.25, -0.2) is 13.9 Å². The first-order valence-corrected chi connectivity index (χ1v) is 7.97. The second-order valence-corrected chi connectivity index (χ2v) is 6.09. The lowest BCUT2D eigenvalue weighted by Gasteiger charge is -2.34. The molecule has 11 heteroatoms. The number of alkyl halides is 3. The molecule has 0 fully saturated rings. The van der Waals surface area contributed by atoms with E-state index in [1.807, 2.05) is 0 Å². The summed E-state index contributed by atoms with van der Waals surface area (Å²) in [4.78, 5) is 16.8. The summed E-state index contributed by atoms with van der Waals surface area (Å²) in [5, 5.41) is 0. The van der Waals surface area contributed by atoms with Crippen LogP contribution in [0.4, 0.5) is 23.7 Å². The van der Waals surface area contributed by atoms with Gasteiger partial charge in [0.25, 0.3) is 0 Å². The number of hydrogen-bond donors (Lipinski definition) is 0. The average Bonchev–Trinajstić information content (AvgIpc) is 2.45. The molecule has 128 valence electrons. The van der Waals surface area contributed by atoms with E-state index in [0.717, 1.165) is 4.90 Å². The van der Waals surface area contributed by atoms with Gasteiger partial charge in [0, 0.05) is 6.20 Å². The van der Waals surface area contributed by atoms with E-state index in [2.05, 4.69) is 9.17 Å². The lowest BCUT2D eigenvalue weighted by atomic mass is 10.1. The zero-order valence-electron chi connectivity index (χ0n) is 11.9. The first-order chi connectivity index (χ1) is 10.7. The first-order valence-electron chi connectivity index (χ1n) is 6.57. The minimum absolute atomic E-state index is 0.0380. The predicted octanol–water partition coefficient (Wildman–Crippen LogP) is 2.18. The molecule has 1 aliphatic heterocycles. The highest BCUT2D eigenvalue weighted by Crippen LogP contribution is 2.34. The zero-order chi connectivity index (χ0) is 17.3. The van der Waals surface area contributed by atoms with E-state index < -0.39 is 27.9 Å². The summed E-state index contributed by atoms with van der Waals surface area (Å²) in [5.41, 5.74) is -4.99. The number of ether oxygens (including phenoxy) is 1. The van der Waals surface area contributed by atoms with E-state index in [9.17, 15) is 26.4 Å². The number of fused-ring (bicyclic) bond motifs is 1. The van der Waals surface area contributed by atoms with Crippen LogP contribution < -0.4 is 4.90 Å². The van der Waals surface area contributed by atoms with E-state index in [1.165, 1.54) is 25.3 Å². The van der Waals surface area contributed by atoms with Crippen molar-refractivity contribution in [3.63, 3.8) is 0 Å². The molecule has 23 heavy (non-hydrogen) atoms. The largest absolute Gasteiger partial charge is 0.523 e. The second-order valence-electron chi connectivity index (χ2n) is 4.53. The molecule has 7 nitrogen and oxygen atoms in total. The molecule has 0 aromatic carbocycles. The van der Waals surface area contributed by atoms with Crippen molar-refractivity contribution in [2.75, 3.05) is 11.5 Å². The molecule has 1 aliphatic rings. The molecule has 1 aromatic heterocycles. The van der Waals surface area contributed by atoms with E-state index in [-0.39, 0.29) is 25.1 Å². The van der Waals surface area contributed by atoms with E-state index in [0.29, 0.717) is 5.69 Å². The number of halogens is 3. The molecule has 0 radical (unpaired) electrons. The second kappa shape index (κ2) is 6.32. The molecule has 0 N–H and O–H groups in total. The summed E-state index contributed by atoms with van der Waals surface area (Å²) in [6, 6.07) is 2.89. The molecule has 1 unspecified atom stereocenters. The Kier molecular flexibility index (Phi) is 4.80. The van der Waals surface area contributed by atoms with Crippen LogP contribution in [0.1, 0.15) is 19.0 Å². The van der Waals surface area contributed by atoms with Crippen molar-refractivity contribution >= 4 is 21.9 Å². The van der Waals surface area contributed by atoms with Gasteiger partial charge in [0.05, 0.1) is 18.0 Å². The summed E-state index contributed by atoms with van der Waals surface area (Å²) in [7, 11) is -5.85. The molecule has 0 bridgehead atoms. The Morgan fingerprint density at radius 3 is 2.78 bits per heavy atom. The Morgan fingerprint density at radius 1 is 1.48 bits per heavy atom. The van der Waals surface area contributed by atoms with E-state index in [4.69, 9.17) is 4.74 Å². The Hall–Kier alpha value is -1.88. The molecule has 2 rings (SSSR count). The van der Waals surface area contributed by atoms with Gasteiger partial charge in [0.2, 0.25) is 0 Å². The topological polar surface area (TPSA) is 85.8 Å². The van der Waals surface area contributed by atoms with Crippen LogP contribution in [0.3, 0.4) is 0 Å². The fraction of sp³-hybridized carbons (Fsp3) is 0.500. The Labute approximate surface area is 130 Å². The molecular formula is C12H13F3N2O5S. The van der Waals surface area contributed by atoms with Crippen LogP contribution in [0, 0.1) is 0 Å². The summed E-state index contributed by atoms with van der Waals surface area (Å²) in [6.07, 6.45) is -1.22. The molecule has 2 heterocycles. The van der Waals surface area contributed by atoms with Crippen LogP contribution in [-0.4, -0.2) is 37.8 Å².